The van der Waals surface area contributed by atoms with Crippen LogP contribution < -0.4 is 25.2 Å². The van der Waals surface area contributed by atoms with Gasteiger partial charge in [0, 0.05) is 51.4 Å². The average molecular weight is 533 g/mol. The van der Waals surface area contributed by atoms with E-state index < -0.39 is 6.67 Å². The number of amides is 2. The molecule has 2 amide bonds. The van der Waals surface area contributed by atoms with Crippen LogP contribution in [0, 0.1) is 0 Å². The molecular weight excluding hydrogens is 499 g/mol. The first-order valence-corrected chi connectivity index (χ1v) is 13.1. The standard InChI is InChI=1S/C29H33FN6O3/c1-4-39-26-15-19(28(37)36-14-11-20(18-36)31-13-12-30)9-10-22(26)33-27-16-24-25(17-32-27)35(3)29(38)21-7-5-6-8-23(21)34(24)2/h5-10,15-17,20,31H,4,11-14,18H2,1-3H3,(H,32,33)/t20-/m1/s1. The second-order valence-electron chi connectivity index (χ2n) is 9.65. The Hall–Kier alpha value is -4.18. The van der Waals surface area contributed by atoms with Crippen LogP contribution in [-0.2, 0) is 0 Å². The van der Waals surface area contributed by atoms with Crippen LogP contribution in [-0.4, -0.2) is 74.8 Å². The first-order valence-electron chi connectivity index (χ1n) is 13.1. The quantitative estimate of drug-likeness (QED) is 0.446. The molecule has 0 bridgehead atoms. The minimum absolute atomic E-state index is 0.0804. The molecule has 2 aliphatic rings. The molecule has 204 valence electrons. The van der Waals surface area contributed by atoms with Crippen molar-refractivity contribution in [1.82, 2.24) is 15.2 Å². The molecule has 0 spiro atoms. The maximum Gasteiger partial charge on any atom is 0.260 e. The Bertz CT molecular complexity index is 1380. The van der Waals surface area contributed by atoms with Gasteiger partial charge in [0.1, 0.15) is 18.2 Å². The molecule has 39 heavy (non-hydrogen) atoms. The topological polar surface area (TPSA) is 90.0 Å². The van der Waals surface area contributed by atoms with Crippen molar-refractivity contribution in [2.45, 2.75) is 19.4 Å². The van der Waals surface area contributed by atoms with Gasteiger partial charge < -0.3 is 30.1 Å². The number of hydrogen-bond acceptors (Lipinski definition) is 7. The van der Waals surface area contributed by atoms with E-state index >= 15 is 0 Å². The third-order valence-electron chi connectivity index (χ3n) is 7.18. The number of nitrogens with one attached hydrogen (secondary N) is 2. The van der Waals surface area contributed by atoms with Gasteiger partial charge in [-0.15, -0.1) is 0 Å². The van der Waals surface area contributed by atoms with Gasteiger partial charge in [0.05, 0.1) is 41.1 Å². The van der Waals surface area contributed by atoms with Crippen LogP contribution in [0.4, 0.5) is 33.0 Å². The van der Waals surface area contributed by atoms with Gasteiger partial charge in [-0.2, -0.15) is 0 Å². The van der Waals surface area contributed by atoms with Crippen molar-refractivity contribution in [2.75, 3.05) is 62.1 Å². The highest BCUT2D eigenvalue weighted by Crippen LogP contribution is 2.40. The lowest BCUT2D eigenvalue weighted by molar-refractivity contribution is 0.0788. The minimum Gasteiger partial charge on any atom is -0.492 e. The summed E-state index contributed by atoms with van der Waals surface area (Å²) >= 11 is 0. The predicted molar refractivity (Wildman–Crippen MR) is 151 cm³/mol. The SMILES string of the molecule is CCOc1cc(C(=O)N2CC[C@@H](NCCF)C2)ccc1Nc1cc2c(cn1)N(C)C(=O)c1ccccc1N2C. The number of benzene rings is 2. The molecule has 0 aliphatic carbocycles. The van der Waals surface area contributed by atoms with Crippen molar-refractivity contribution in [3.63, 3.8) is 0 Å². The fraction of sp³-hybridized carbons (Fsp3) is 0.345. The highest BCUT2D eigenvalue weighted by molar-refractivity contribution is 6.13. The molecule has 0 unspecified atom stereocenters. The lowest BCUT2D eigenvalue weighted by Crippen LogP contribution is -2.36. The van der Waals surface area contributed by atoms with Crippen LogP contribution in [0.3, 0.4) is 0 Å². The molecule has 0 radical (unpaired) electrons. The summed E-state index contributed by atoms with van der Waals surface area (Å²) in [6.07, 6.45) is 2.48. The van der Waals surface area contributed by atoms with Gasteiger partial charge in [-0.25, -0.2) is 9.37 Å². The van der Waals surface area contributed by atoms with E-state index in [0.717, 1.165) is 17.8 Å². The third kappa shape index (κ3) is 5.24. The largest absolute Gasteiger partial charge is 0.492 e. The number of nitrogens with zero attached hydrogens (tertiary/aromatic N) is 4. The van der Waals surface area contributed by atoms with Crippen LogP contribution in [0.2, 0.25) is 0 Å². The Balaban J connectivity index is 1.39. The van der Waals surface area contributed by atoms with Gasteiger partial charge in [-0.3, -0.25) is 9.59 Å². The number of ether oxygens (including phenoxy) is 1. The van der Waals surface area contributed by atoms with Crippen LogP contribution in [0.5, 0.6) is 5.75 Å². The molecule has 2 aliphatic heterocycles. The number of hydrogen-bond donors (Lipinski definition) is 2. The van der Waals surface area contributed by atoms with E-state index in [-0.39, 0.29) is 17.9 Å². The molecule has 0 saturated carbocycles. The molecule has 9 nitrogen and oxygen atoms in total. The number of carbonyl (C=O) groups excluding carboxylic acids is 2. The van der Waals surface area contributed by atoms with E-state index in [1.54, 1.807) is 35.2 Å². The van der Waals surface area contributed by atoms with Crippen LogP contribution in [0.25, 0.3) is 0 Å². The number of para-hydroxylation sites is 1. The van der Waals surface area contributed by atoms with E-state index in [0.29, 0.717) is 60.3 Å². The molecule has 1 fully saturated rings. The molecule has 2 N–H and O–H groups in total. The van der Waals surface area contributed by atoms with E-state index in [1.165, 1.54) is 0 Å². The second kappa shape index (κ2) is 11.3. The number of alkyl halides is 1. The van der Waals surface area contributed by atoms with Crippen molar-refractivity contribution >= 4 is 40.4 Å². The molecule has 2 aromatic carbocycles. The molecule has 1 atom stereocenters. The lowest BCUT2D eigenvalue weighted by Gasteiger charge is -2.23. The van der Waals surface area contributed by atoms with Crippen LogP contribution >= 0.6 is 0 Å². The molecule has 3 aromatic rings. The Morgan fingerprint density at radius 3 is 2.72 bits per heavy atom. The summed E-state index contributed by atoms with van der Waals surface area (Å²) in [5.74, 6) is 0.933. The summed E-state index contributed by atoms with van der Waals surface area (Å²) in [4.78, 5) is 36.2. The predicted octanol–water partition coefficient (Wildman–Crippen LogP) is 4.36. The lowest BCUT2D eigenvalue weighted by atomic mass is 10.1. The van der Waals surface area contributed by atoms with Crippen molar-refractivity contribution in [3.8, 4) is 5.75 Å². The summed E-state index contributed by atoms with van der Waals surface area (Å²) in [5, 5.41) is 6.47. The first kappa shape index (κ1) is 26.4. The summed E-state index contributed by atoms with van der Waals surface area (Å²) in [5.41, 5.74) is 4.15. The zero-order valence-corrected chi connectivity index (χ0v) is 22.4. The Labute approximate surface area is 227 Å². The van der Waals surface area contributed by atoms with Gasteiger partial charge in [-0.1, -0.05) is 12.1 Å². The number of aromatic nitrogens is 1. The number of likely N-dealkylation sites (tertiary alicyclic amines) is 1. The Morgan fingerprint density at radius 2 is 1.92 bits per heavy atom. The monoisotopic (exact) mass is 532 g/mol. The summed E-state index contributed by atoms with van der Waals surface area (Å²) in [6, 6.07) is 14.8. The van der Waals surface area contributed by atoms with E-state index in [1.807, 2.05) is 55.3 Å². The average Bonchev–Trinajstić information content (AvgIpc) is 3.42. The van der Waals surface area contributed by atoms with Gasteiger partial charge >= 0.3 is 0 Å². The Morgan fingerprint density at radius 1 is 1.10 bits per heavy atom. The highest BCUT2D eigenvalue weighted by atomic mass is 19.1. The Kier molecular flexibility index (Phi) is 7.65. The smallest absolute Gasteiger partial charge is 0.260 e. The van der Waals surface area contributed by atoms with Crippen LogP contribution in [0.15, 0.2) is 54.7 Å². The second-order valence-corrected chi connectivity index (χ2v) is 9.65. The third-order valence-corrected chi connectivity index (χ3v) is 7.18. The zero-order chi connectivity index (χ0) is 27.5. The maximum absolute atomic E-state index is 13.2. The molecule has 1 aromatic heterocycles. The summed E-state index contributed by atoms with van der Waals surface area (Å²) in [7, 11) is 3.67. The fourth-order valence-electron chi connectivity index (χ4n) is 5.12. The van der Waals surface area contributed by atoms with Crippen molar-refractivity contribution < 1.29 is 18.7 Å². The number of pyridine rings is 1. The van der Waals surface area contributed by atoms with Gasteiger partial charge in [-0.05, 0) is 43.7 Å². The number of fused-ring (bicyclic) bond motifs is 2. The minimum atomic E-state index is -0.423. The molecule has 5 rings (SSSR count). The first-order chi connectivity index (χ1) is 18.9. The van der Waals surface area contributed by atoms with Crippen molar-refractivity contribution in [2.24, 2.45) is 0 Å². The number of rotatable bonds is 8. The van der Waals surface area contributed by atoms with Gasteiger partial charge in [0.15, 0.2) is 0 Å². The molecular formula is C29H33FN6O3. The van der Waals surface area contributed by atoms with Crippen LogP contribution in [0.1, 0.15) is 34.1 Å². The fourth-order valence-corrected chi connectivity index (χ4v) is 5.12. The zero-order valence-electron chi connectivity index (χ0n) is 22.4. The van der Waals surface area contributed by atoms with Gasteiger partial charge in [0.2, 0.25) is 0 Å². The maximum atomic E-state index is 13.2. The van der Waals surface area contributed by atoms with E-state index in [9.17, 15) is 14.0 Å². The summed E-state index contributed by atoms with van der Waals surface area (Å²) < 4.78 is 18.4. The number of anilines is 5. The van der Waals surface area contributed by atoms with Gasteiger partial charge in [0.25, 0.3) is 11.8 Å². The van der Waals surface area contributed by atoms with E-state index in [4.69, 9.17) is 4.74 Å². The summed E-state index contributed by atoms with van der Waals surface area (Å²) in [6.45, 7) is 3.37. The number of carbonyl (C=O) groups is 2. The normalized spacial score (nSPS) is 16.6. The van der Waals surface area contributed by atoms with Crippen molar-refractivity contribution in [3.05, 3.63) is 65.9 Å². The molecule has 10 heteroatoms. The number of halogens is 1. The highest BCUT2D eigenvalue weighted by Gasteiger charge is 2.29. The molecule has 3 heterocycles. The van der Waals surface area contributed by atoms with Crippen molar-refractivity contribution in [1.29, 1.82) is 0 Å². The molecule has 1 saturated heterocycles. The van der Waals surface area contributed by atoms with E-state index in [2.05, 4.69) is 15.6 Å².